The van der Waals surface area contributed by atoms with E-state index in [4.69, 9.17) is 16.3 Å². The Labute approximate surface area is 150 Å². The van der Waals surface area contributed by atoms with Gasteiger partial charge in [0.25, 0.3) is 0 Å². The molecule has 5 nitrogen and oxygen atoms in total. The fourth-order valence-corrected chi connectivity index (χ4v) is 4.63. The Hall–Kier alpha value is -0.820. The van der Waals surface area contributed by atoms with E-state index in [2.05, 4.69) is 16.5 Å². The van der Waals surface area contributed by atoms with Crippen molar-refractivity contribution in [1.82, 2.24) is 9.62 Å². The monoisotopic (exact) mass is 374 g/mol. The molecule has 2 rings (SSSR count). The molecule has 0 aliphatic carbocycles. The average Bonchev–Trinajstić information content (AvgIpc) is 2.59. The van der Waals surface area contributed by atoms with Gasteiger partial charge in [0, 0.05) is 12.6 Å². The normalized spacial score (nSPS) is 19.4. The molecule has 7 heteroatoms. The SMILES string of the molecule is CCC1CCCCN1CCCNS(=O)(=O)c1ccc(OC)c(Cl)c1. The average molecular weight is 375 g/mol. The van der Waals surface area contributed by atoms with Crippen molar-refractivity contribution in [2.75, 3.05) is 26.7 Å². The topological polar surface area (TPSA) is 58.6 Å². The fraction of sp³-hybridized carbons (Fsp3) is 0.647. The molecule has 1 aliphatic heterocycles. The first kappa shape index (κ1) is 19.5. The lowest BCUT2D eigenvalue weighted by Gasteiger charge is -2.35. The zero-order chi connectivity index (χ0) is 17.6. The summed E-state index contributed by atoms with van der Waals surface area (Å²) in [6, 6.07) is 5.14. The van der Waals surface area contributed by atoms with Gasteiger partial charge in [-0.15, -0.1) is 0 Å². The molecule has 1 aromatic rings. The van der Waals surface area contributed by atoms with Crippen LogP contribution in [-0.4, -0.2) is 46.1 Å². The van der Waals surface area contributed by atoms with Crippen LogP contribution in [0.15, 0.2) is 23.1 Å². The number of likely N-dealkylation sites (tertiary alicyclic amines) is 1. The van der Waals surface area contributed by atoms with Gasteiger partial charge in [-0.2, -0.15) is 0 Å². The van der Waals surface area contributed by atoms with Crippen LogP contribution in [0.1, 0.15) is 39.0 Å². The highest BCUT2D eigenvalue weighted by atomic mass is 35.5. The molecule has 0 spiro atoms. The third kappa shape index (κ3) is 5.09. The van der Waals surface area contributed by atoms with Crippen molar-refractivity contribution in [3.63, 3.8) is 0 Å². The first-order valence-corrected chi connectivity index (χ1v) is 10.4. The number of hydrogen-bond acceptors (Lipinski definition) is 4. The second-order valence-corrected chi connectivity index (χ2v) is 8.32. The minimum atomic E-state index is -3.54. The number of halogens is 1. The number of nitrogens with zero attached hydrogens (tertiary/aromatic N) is 1. The number of sulfonamides is 1. The number of nitrogens with one attached hydrogen (secondary N) is 1. The first-order valence-electron chi connectivity index (χ1n) is 8.55. The molecule has 1 unspecified atom stereocenters. The number of piperidine rings is 1. The van der Waals surface area contributed by atoms with Gasteiger partial charge in [-0.3, -0.25) is 0 Å². The number of methoxy groups -OCH3 is 1. The van der Waals surface area contributed by atoms with Gasteiger partial charge in [0.1, 0.15) is 5.75 Å². The minimum Gasteiger partial charge on any atom is -0.495 e. The molecular formula is C17H27ClN2O3S. The summed E-state index contributed by atoms with van der Waals surface area (Å²) in [4.78, 5) is 2.65. The molecule has 0 bridgehead atoms. The Kier molecular flexibility index (Phi) is 7.34. The van der Waals surface area contributed by atoms with Gasteiger partial charge in [0.05, 0.1) is 17.0 Å². The van der Waals surface area contributed by atoms with Crippen molar-refractivity contribution in [3.05, 3.63) is 23.2 Å². The lowest BCUT2D eigenvalue weighted by atomic mass is 10.00. The molecule has 1 fully saturated rings. The van der Waals surface area contributed by atoms with Gasteiger partial charge in [0.2, 0.25) is 10.0 Å². The van der Waals surface area contributed by atoms with Crippen LogP contribution in [0.5, 0.6) is 5.75 Å². The molecule has 0 amide bonds. The maximum Gasteiger partial charge on any atom is 0.240 e. The molecular weight excluding hydrogens is 348 g/mol. The van der Waals surface area contributed by atoms with Crippen LogP contribution in [0, 0.1) is 0 Å². The Morgan fingerprint density at radius 1 is 1.38 bits per heavy atom. The molecule has 1 atom stereocenters. The maximum atomic E-state index is 12.3. The van der Waals surface area contributed by atoms with Crippen molar-refractivity contribution in [2.24, 2.45) is 0 Å². The van der Waals surface area contributed by atoms with Gasteiger partial charge in [-0.1, -0.05) is 24.9 Å². The molecule has 24 heavy (non-hydrogen) atoms. The lowest BCUT2D eigenvalue weighted by Crippen LogP contribution is -2.40. The minimum absolute atomic E-state index is 0.165. The summed E-state index contributed by atoms with van der Waals surface area (Å²) in [5.41, 5.74) is 0. The molecule has 1 aliphatic rings. The zero-order valence-electron chi connectivity index (χ0n) is 14.4. The van der Waals surface area contributed by atoms with E-state index in [-0.39, 0.29) is 4.90 Å². The van der Waals surface area contributed by atoms with Gasteiger partial charge in [-0.25, -0.2) is 13.1 Å². The van der Waals surface area contributed by atoms with Crippen LogP contribution in [0.2, 0.25) is 5.02 Å². The van der Waals surface area contributed by atoms with E-state index in [1.165, 1.54) is 38.5 Å². The third-order valence-corrected chi connectivity index (χ3v) is 6.32. The Bertz CT molecular complexity index is 637. The number of benzene rings is 1. The predicted molar refractivity (Wildman–Crippen MR) is 97.3 cm³/mol. The highest BCUT2D eigenvalue weighted by Gasteiger charge is 2.20. The van der Waals surface area contributed by atoms with Crippen molar-refractivity contribution >= 4 is 21.6 Å². The van der Waals surface area contributed by atoms with Crippen LogP contribution in [0.25, 0.3) is 0 Å². The summed E-state index contributed by atoms with van der Waals surface area (Å²) in [7, 11) is -2.04. The Morgan fingerprint density at radius 2 is 2.17 bits per heavy atom. The van der Waals surface area contributed by atoms with Gasteiger partial charge >= 0.3 is 0 Å². The number of hydrogen-bond donors (Lipinski definition) is 1. The zero-order valence-corrected chi connectivity index (χ0v) is 16.0. The quantitative estimate of drug-likeness (QED) is 0.709. The number of ether oxygens (including phenoxy) is 1. The van der Waals surface area contributed by atoms with Crippen molar-refractivity contribution < 1.29 is 13.2 Å². The standard InChI is InChI=1S/C17H27ClN2O3S/c1-3-14-7-4-5-11-20(14)12-6-10-19-24(21,22)15-8-9-17(23-2)16(18)13-15/h8-9,13-14,19H,3-7,10-12H2,1-2H3. The third-order valence-electron chi connectivity index (χ3n) is 4.57. The molecule has 0 radical (unpaired) electrons. The van der Waals surface area contributed by atoms with E-state index in [0.717, 1.165) is 25.9 Å². The number of rotatable bonds is 8. The van der Waals surface area contributed by atoms with E-state index in [0.29, 0.717) is 23.4 Å². The van der Waals surface area contributed by atoms with E-state index in [1.807, 2.05) is 0 Å². The van der Waals surface area contributed by atoms with E-state index in [1.54, 1.807) is 6.07 Å². The summed E-state index contributed by atoms with van der Waals surface area (Å²) in [6.07, 6.45) is 5.77. The summed E-state index contributed by atoms with van der Waals surface area (Å²) in [5, 5.41) is 0.291. The Morgan fingerprint density at radius 3 is 2.83 bits per heavy atom. The van der Waals surface area contributed by atoms with E-state index in [9.17, 15) is 8.42 Å². The first-order chi connectivity index (χ1) is 11.5. The van der Waals surface area contributed by atoms with Crippen LogP contribution >= 0.6 is 11.6 Å². The van der Waals surface area contributed by atoms with Crippen LogP contribution in [-0.2, 0) is 10.0 Å². The predicted octanol–water partition coefficient (Wildman–Crippen LogP) is 3.28. The van der Waals surface area contributed by atoms with E-state index < -0.39 is 10.0 Å². The highest BCUT2D eigenvalue weighted by Crippen LogP contribution is 2.26. The van der Waals surface area contributed by atoms with Crippen molar-refractivity contribution in [1.29, 1.82) is 0 Å². The summed E-state index contributed by atoms with van der Waals surface area (Å²) in [6.45, 7) is 4.71. The second-order valence-electron chi connectivity index (χ2n) is 6.14. The largest absolute Gasteiger partial charge is 0.495 e. The maximum absolute atomic E-state index is 12.3. The highest BCUT2D eigenvalue weighted by molar-refractivity contribution is 7.89. The molecule has 0 aromatic heterocycles. The van der Waals surface area contributed by atoms with Crippen molar-refractivity contribution in [3.8, 4) is 5.75 Å². The van der Waals surface area contributed by atoms with Crippen molar-refractivity contribution in [2.45, 2.75) is 50.0 Å². The molecule has 1 N–H and O–H groups in total. The fourth-order valence-electron chi connectivity index (χ4n) is 3.20. The molecule has 1 saturated heterocycles. The van der Waals surface area contributed by atoms with E-state index >= 15 is 0 Å². The summed E-state index contributed by atoms with van der Waals surface area (Å²) >= 11 is 6.01. The second kappa shape index (κ2) is 9.04. The molecule has 136 valence electrons. The molecule has 1 aromatic carbocycles. The van der Waals surface area contributed by atoms with Crippen LogP contribution in [0.3, 0.4) is 0 Å². The van der Waals surface area contributed by atoms with Crippen LogP contribution in [0.4, 0.5) is 0 Å². The molecule has 0 saturated carbocycles. The lowest BCUT2D eigenvalue weighted by molar-refractivity contribution is 0.143. The summed E-state index contributed by atoms with van der Waals surface area (Å²) in [5.74, 6) is 0.464. The summed E-state index contributed by atoms with van der Waals surface area (Å²) < 4.78 is 32.4. The van der Waals surface area contributed by atoms with Gasteiger partial charge < -0.3 is 9.64 Å². The molecule has 1 heterocycles. The van der Waals surface area contributed by atoms with Gasteiger partial charge in [0.15, 0.2) is 0 Å². The van der Waals surface area contributed by atoms with Gasteiger partial charge in [-0.05, 0) is 57.0 Å². The Balaban J connectivity index is 1.85. The smallest absolute Gasteiger partial charge is 0.240 e. The van der Waals surface area contributed by atoms with Crippen LogP contribution < -0.4 is 9.46 Å².